The van der Waals surface area contributed by atoms with Crippen molar-refractivity contribution in [1.82, 2.24) is 19.5 Å². The molecule has 0 unspecified atom stereocenters. The Hall–Kier alpha value is -5.05. The van der Waals surface area contributed by atoms with E-state index in [4.69, 9.17) is 5.11 Å². The molecule has 3 aromatic carbocycles. The predicted molar refractivity (Wildman–Crippen MR) is 134 cm³/mol. The van der Waals surface area contributed by atoms with Crippen molar-refractivity contribution in [2.45, 2.75) is 6.54 Å². The normalized spacial score (nSPS) is 11.2. The largest absolute Gasteiger partial charge is 0.478 e. The molecular weight excluding hydrogens is 444 g/mol. The number of amides is 1. The van der Waals surface area contributed by atoms with Crippen molar-refractivity contribution >= 4 is 51.0 Å². The Morgan fingerprint density at radius 3 is 2.51 bits per heavy atom. The van der Waals surface area contributed by atoms with Crippen LogP contribution in [0.15, 0.2) is 91.5 Å². The first-order chi connectivity index (χ1) is 17.0. The number of benzene rings is 3. The molecule has 0 aliphatic rings. The standard InChI is InChI=1S/C26H20N6O3/c33-24(10-11-25(34)35)30-18-6-8-21-20(12-18)26(28-15-27-21)31-19-7-9-22-23(13-19)32(16-29-22)14-17-4-2-1-3-5-17/h1-13,15-16H,14H2,(H,30,33)(H,34,35)(H,27,28,31). The number of carbonyl (C=O) groups is 2. The Morgan fingerprint density at radius 2 is 1.69 bits per heavy atom. The molecule has 35 heavy (non-hydrogen) atoms. The van der Waals surface area contributed by atoms with Crippen LogP contribution in [-0.4, -0.2) is 36.5 Å². The van der Waals surface area contributed by atoms with E-state index in [1.165, 1.54) is 11.9 Å². The van der Waals surface area contributed by atoms with Crippen LogP contribution in [0, 0.1) is 0 Å². The fourth-order valence-corrected chi connectivity index (χ4v) is 3.74. The number of carboxylic acid groups (broad SMARTS) is 1. The molecule has 0 bridgehead atoms. The highest BCUT2D eigenvalue weighted by Crippen LogP contribution is 2.27. The number of hydrogen-bond donors (Lipinski definition) is 3. The summed E-state index contributed by atoms with van der Waals surface area (Å²) in [4.78, 5) is 35.8. The van der Waals surface area contributed by atoms with Crippen LogP contribution >= 0.6 is 0 Å². The smallest absolute Gasteiger partial charge is 0.328 e. The maximum absolute atomic E-state index is 12.0. The van der Waals surface area contributed by atoms with Crippen molar-refractivity contribution in [1.29, 1.82) is 0 Å². The molecular formula is C26H20N6O3. The average molecular weight is 464 g/mol. The fourth-order valence-electron chi connectivity index (χ4n) is 3.74. The van der Waals surface area contributed by atoms with Crippen LogP contribution in [0.3, 0.4) is 0 Å². The van der Waals surface area contributed by atoms with Crippen molar-refractivity contribution < 1.29 is 14.7 Å². The van der Waals surface area contributed by atoms with E-state index in [9.17, 15) is 9.59 Å². The Labute approximate surface area is 199 Å². The van der Waals surface area contributed by atoms with E-state index < -0.39 is 11.9 Å². The van der Waals surface area contributed by atoms with Crippen LogP contribution < -0.4 is 10.6 Å². The van der Waals surface area contributed by atoms with Gasteiger partial charge in [0.15, 0.2) is 0 Å². The number of rotatable bonds is 7. The Kier molecular flexibility index (Phi) is 5.87. The second-order valence-corrected chi connectivity index (χ2v) is 7.80. The van der Waals surface area contributed by atoms with E-state index in [0.717, 1.165) is 28.9 Å². The van der Waals surface area contributed by atoms with Crippen LogP contribution in [0.25, 0.3) is 21.9 Å². The third-order valence-corrected chi connectivity index (χ3v) is 5.36. The summed E-state index contributed by atoms with van der Waals surface area (Å²) in [5.74, 6) is -1.17. The number of nitrogens with one attached hydrogen (secondary N) is 2. The molecule has 0 spiro atoms. The molecule has 9 heteroatoms. The van der Waals surface area contributed by atoms with Crippen LogP contribution in [0.2, 0.25) is 0 Å². The third kappa shape index (κ3) is 4.98. The summed E-state index contributed by atoms with van der Waals surface area (Å²) in [5, 5.41) is 15.4. The molecule has 0 radical (unpaired) electrons. The summed E-state index contributed by atoms with van der Waals surface area (Å²) < 4.78 is 2.09. The summed E-state index contributed by atoms with van der Waals surface area (Å²) >= 11 is 0. The number of aromatic nitrogens is 4. The number of hydrogen-bond acceptors (Lipinski definition) is 6. The van der Waals surface area contributed by atoms with Crippen molar-refractivity contribution in [3.8, 4) is 0 Å². The van der Waals surface area contributed by atoms with Gasteiger partial charge in [-0.2, -0.15) is 0 Å². The van der Waals surface area contributed by atoms with Crippen molar-refractivity contribution in [2.24, 2.45) is 0 Å². The van der Waals surface area contributed by atoms with E-state index in [0.29, 0.717) is 29.0 Å². The number of carboxylic acids is 1. The van der Waals surface area contributed by atoms with E-state index in [1.54, 1.807) is 18.2 Å². The monoisotopic (exact) mass is 464 g/mol. The predicted octanol–water partition coefficient (Wildman–Crippen LogP) is 4.35. The Morgan fingerprint density at radius 1 is 0.886 bits per heavy atom. The number of anilines is 3. The second kappa shape index (κ2) is 9.44. The summed E-state index contributed by atoms with van der Waals surface area (Å²) in [6.07, 6.45) is 5.04. The lowest BCUT2D eigenvalue weighted by molar-refractivity contribution is -0.131. The zero-order valence-corrected chi connectivity index (χ0v) is 18.4. The molecule has 2 heterocycles. The van der Waals surface area contributed by atoms with Gasteiger partial charge in [0, 0.05) is 35.5 Å². The minimum Gasteiger partial charge on any atom is -0.478 e. The molecule has 5 aromatic rings. The van der Waals surface area contributed by atoms with Gasteiger partial charge in [-0.3, -0.25) is 4.79 Å². The molecule has 0 aliphatic carbocycles. The highest BCUT2D eigenvalue weighted by atomic mass is 16.4. The molecule has 0 fully saturated rings. The lowest BCUT2D eigenvalue weighted by Gasteiger charge is -2.11. The zero-order chi connectivity index (χ0) is 24.2. The lowest BCUT2D eigenvalue weighted by Crippen LogP contribution is -2.08. The maximum atomic E-state index is 12.0. The molecule has 2 aromatic heterocycles. The first-order valence-corrected chi connectivity index (χ1v) is 10.8. The molecule has 0 aliphatic heterocycles. The first-order valence-electron chi connectivity index (χ1n) is 10.8. The maximum Gasteiger partial charge on any atom is 0.328 e. The van der Waals surface area contributed by atoms with Gasteiger partial charge in [-0.15, -0.1) is 0 Å². The van der Waals surface area contributed by atoms with E-state index in [1.807, 2.05) is 42.7 Å². The SMILES string of the molecule is O=C(O)C=CC(=O)Nc1ccc2ncnc(Nc3ccc4ncn(Cc5ccccc5)c4c3)c2c1. The van der Waals surface area contributed by atoms with Gasteiger partial charge in [-0.25, -0.2) is 19.7 Å². The minimum absolute atomic E-state index is 0.492. The highest BCUT2D eigenvalue weighted by Gasteiger charge is 2.09. The highest BCUT2D eigenvalue weighted by molar-refractivity contribution is 6.04. The molecule has 0 saturated heterocycles. The quantitative estimate of drug-likeness (QED) is 0.306. The molecule has 1 amide bonds. The molecule has 3 N–H and O–H groups in total. The Bertz CT molecular complexity index is 1580. The van der Waals surface area contributed by atoms with E-state index in [-0.39, 0.29) is 0 Å². The molecule has 0 saturated carbocycles. The van der Waals surface area contributed by atoms with Gasteiger partial charge >= 0.3 is 5.97 Å². The number of nitrogens with zero attached hydrogens (tertiary/aromatic N) is 4. The van der Waals surface area contributed by atoms with Crippen LogP contribution in [-0.2, 0) is 16.1 Å². The van der Waals surface area contributed by atoms with Gasteiger partial charge < -0.3 is 20.3 Å². The Balaban J connectivity index is 1.43. The van der Waals surface area contributed by atoms with Gasteiger partial charge in [0.1, 0.15) is 12.1 Å². The number of aliphatic carboxylic acids is 1. The van der Waals surface area contributed by atoms with Crippen LogP contribution in [0.1, 0.15) is 5.56 Å². The molecule has 172 valence electrons. The second-order valence-electron chi connectivity index (χ2n) is 7.80. The fraction of sp³-hybridized carbons (Fsp3) is 0.0385. The van der Waals surface area contributed by atoms with Gasteiger partial charge in [-0.1, -0.05) is 30.3 Å². The summed E-state index contributed by atoms with van der Waals surface area (Å²) in [6.45, 7) is 0.705. The van der Waals surface area contributed by atoms with E-state index in [2.05, 4.69) is 42.3 Å². The lowest BCUT2D eigenvalue weighted by atomic mass is 10.2. The molecule has 5 rings (SSSR count). The van der Waals surface area contributed by atoms with Gasteiger partial charge in [0.05, 0.1) is 22.9 Å². The third-order valence-electron chi connectivity index (χ3n) is 5.36. The number of fused-ring (bicyclic) bond motifs is 2. The van der Waals surface area contributed by atoms with Crippen LogP contribution in [0.5, 0.6) is 0 Å². The molecule has 9 nitrogen and oxygen atoms in total. The summed E-state index contributed by atoms with van der Waals surface area (Å²) in [6, 6.07) is 21.3. The van der Waals surface area contributed by atoms with Crippen molar-refractivity contribution in [3.63, 3.8) is 0 Å². The molecule has 0 atom stereocenters. The number of imidazole rings is 1. The summed E-state index contributed by atoms with van der Waals surface area (Å²) in [5.41, 5.74) is 5.06. The van der Waals surface area contributed by atoms with Crippen molar-refractivity contribution in [3.05, 3.63) is 97.1 Å². The topological polar surface area (TPSA) is 122 Å². The summed E-state index contributed by atoms with van der Waals surface area (Å²) in [7, 11) is 0. The van der Waals surface area contributed by atoms with Gasteiger partial charge in [0.2, 0.25) is 5.91 Å². The minimum atomic E-state index is -1.19. The van der Waals surface area contributed by atoms with Gasteiger partial charge in [0.25, 0.3) is 0 Å². The van der Waals surface area contributed by atoms with Gasteiger partial charge in [-0.05, 0) is 42.0 Å². The van der Waals surface area contributed by atoms with Crippen LogP contribution in [0.4, 0.5) is 17.2 Å². The number of carbonyl (C=O) groups excluding carboxylic acids is 1. The van der Waals surface area contributed by atoms with E-state index >= 15 is 0 Å². The van der Waals surface area contributed by atoms with Crippen molar-refractivity contribution in [2.75, 3.05) is 10.6 Å². The zero-order valence-electron chi connectivity index (χ0n) is 18.4. The average Bonchev–Trinajstić information content (AvgIpc) is 3.25. The first kappa shape index (κ1) is 21.8.